The predicted molar refractivity (Wildman–Crippen MR) is 59.6 cm³/mol. The van der Waals surface area contributed by atoms with Crippen LogP contribution in [0.3, 0.4) is 0 Å². The first-order chi connectivity index (χ1) is 8.16. The molecular formula is C10H8N4O3. The van der Waals surface area contributed by atoms with Gasteiger partial charge in [-0.05, 0) is 18.2 Å². The van der Waals surface area contributed by atoms with Crippen molar-refractivity contribution in [3.05, 3.63) is 46.8 Å². The van der Waals surface area contributed by atoms with Gasteiger partial charge in [0.2, 0.25) is 0 Å². The van der Waals surface area contributed by atoms with Crippen molar-refractivity contribution in [3.63, 3.8) is 0 Å². The topological polar surface area (TPSA) is 104 Å². The van der Waals surface area contributed by atoms with Gasteiger partial charge in [0, 0.05) is 12.3 Å². The third-order valence-corrected chi connectivity index (χ3v) is 1.91. The van der Waals surface area contributed by atoms with E-state index in [2.05, 4.69) is 9.97 Å². The zero-order valence-corrected chi connectivity index (χ0v) is 8.61. The number of hydrogen-bond donors (Lipinski definition) is 1. The van der Waals surface area contributed by atoms with Gasteiger partial charge in [0.1, 0.15) is 11.6 Å². The molecule has 7 heteroatoms. The van der Waals surface area contributed by atoms with Gasteiger partial charge in [-0.25, -0.2) is 0 Å². The number of ether oxygens (including phenoxy) is 1. The highest BCUT2D eigenvalue weighted by Gasteiger charge is 2.17. The van der Waals surface area contributed by atoms with E-state index in [1.807, 2.05) is 0 Å². The van der Waals surface area contributed by atoms with Gasteiger partial charge in [0.25, 0.3) is 0 Å². The minimum atomic E-state index is -0.585. The zero-order valence-electron chi connectivity index (χ0n) is 8.61. The van der Waals surface area contributed by atoms with Crippen molar-refractivity contribution in [1.82, 2.24) is 9.97 Å². The number of nitrogens with zero attached hydrogens (tertiary/aromatic N) is 3. The van der Waals surface area contributed by atoms with Gasteiger partial charge in [-0.15, -0.1) is 0 Å². The molecule has 0 radical (unpaired) electrons. The Labute approximate surface area is 96.0 Å². The standard InChI is InChI=1S/C10H8N4O3/c11-9-4-3-8(14(15)16)10(13-9)17-7-2-1-5-12-6-7/h1-6H,(H2,11,13). The summed E-state index contributed by atoms with van der Waals surface area (Å²) < 4.78 is 5.26. The molecular weight excluding hydrogens is 224 g/mol. The van der Waals surface area contributed by atoms with Crippen LogP contribution in [0.15, 0.2) is 36.7 Å². The summed E-state index contributed by atoms with van der Waals surface area (Å²) in [4.78, 5) is 17.8. The Kier molecular flexibility index (Phi) is 2.82. The summed E-state index contributed by atoms with van der Waals surface area (Å²) in [5.74, 6) is 0.353. The Morgan fingerprint density at radius 2 is 2.18 bits per heavy atom. The maximum absolute atomic E-state index is 10.8. The van der Waals surface area contributed by atoms with E-state index in [1.54, 1.807) is 18.3 Å². The number of rotatable bonds is 3. The molecule has 0 aliphatic rings. The van der Waals surface area contributed by atoms with E-state index in [-0.39, 0.29) is 17.4 Å². The number of aromatic nitrogens is 2. The highest BCUT2D eigenvalue weighted by molar-refractivity contribution is 5.48. The van der Waals surface area contributed by atoms with Gasteiger partial charge in [0.15, 0.2) is 0 Å². The van der Waals surface area contributed by atoms with Crippen molar-refractivity contribution in [1.29, 1.82) is 0 Å². The highest BCUT2D eigenvalue weighted by atomic mass is 16.6. The smallest absolute Gasteiger partial charge is 0.331 e. The Balaban J connectivity index is 2.37. The quantitative estimate of drug-likeness (QED) is 0.638. The minimum Gasteiger partial charge on any atom is -0.432 e. The summed E-state index contributed by atoms with van der Waals surface area (Å²) in [5.41, 5.74) is 5.20. The second kappa shape index (κ2) is 4.44. The van der Waals surface area contributed by atoms with E-state index in [9.17, 15) is 10.1 Å². The molecule has 0 saturated carbocycles. The maximum atomic E-state index is 10.8. The lowest BCUT2D eigenvalue weighted by molar-refractivity contribution is -0.386. The Hall–Kier alpha value is -2.70. The van der Waals surface area contributed by atoms with Crippen LogP contribution in [-0.2, 0) is 0 Å². The first-order valence-electron chi connectivity index (χ1n) is 4.65. The van der Waals surface area contributed by atoms with Gasteiger partial charge >= 0.3 is 11.6 Å². The van der Waals surface area contributed by atoms with E-state index in [1.165, 1.54) is 18.3 Å². The lowest BCUT2D eigenvalue weighted by atomic mass is 10.4. The summed E-state index contributed by atoms with van der Waals surface area (Å²) in [5, 5.41) is 10.8. The summed E-state index contributed by atoms with van der Waals surface area (Å²) >= 11 is 0. The van der Waals surface area contributed by atoms with Gasteiger partial charge in [-0.2, -0.15) is 4.98 Å². The average Bonchev–Trinajstić information content (AvgIpc) is 2.30. The van der Waals surface area contributed by atoms with E-state index in [0.717, 1.165) is 0 Å². The Bertz CT molecular complexity index is 545. The average molecular weight is 232 g/mol. The second-order valence-electron chi connectivity index (χ2n) is 3.11. The number of nitrogen functional groups attached to an aromatic ring is 1. The molecule has 0 bridgehead atoms. The van der Waals surface area contributed by atoms with Crippen molar-refractivity contribution >= 4 is 11.5 Å². The van der Waals surface area contributed by atoms with Crippen molar-refractivity contribution in [2.75, 3.05) is 5.73 Å². The van der Waals surface area contributed by atoms with Crippen LogP contribution in [0.2, 0.25) is 0 Å². The van der Waals surface area contributed by atoms with Crippen LogP contribution in [-0.4, -0.2) is 14.9 Å². The number of pyridine rings is 2. The van der Waals surface area contributed by atoms with Gasteiger partial charge in [-0.3, -0.25) is 15.1 Å². The molecule has 2 aromatic rings. The van der Waals surface area contributed by atoms with E-state index in [0.29, 0.717) is 5.75 Å². The fourth-order valence-corrected chi connectivity index (χ4v) is 1.18. The third kappa shape index (κ3) is 2.46. The van der Waals surface area contributed by atoms with Gasteiger partial charge < -0.3 is 10.5 Å². The lowest BCUT2D eigenvalue weighted by Crippen LogP contribution is -1.99. The van der Waals surface area contributed by atoms with Crippen LogP contribution in [0.1, 0.15) is 0 Å². The Morgan fingerprint density at radius 1 is 1.35 bits per heavy atom. The molecule has 86 valence electrons. The molecule has 0 aliphatic heterocycles. The predicted octanol–water partition coefficient (Wildman–Crippen LogP) is 1.76. The molecule has 2 heterocycles. The highest BCUT2D eigenvalue weighted by Crippen LogP contribution is 2.29. The first kappa shape index (κ1) is 10.8. The summed E-state index contributed by atoms with van der Waals surface area (Å²) in [6.45, 7) is 0. The van der Waals surface area contributed by atoms with Gasteiger partial charge in [0.05, 0.1) is 11.1 Å². The summed E-state index contributed by atoms with van der Waals surface area (Å²) in [6.07, 6.45) is 2.99. The number of anilines is 1. The molecule has 17 heavy (non-hydrogen) atoms. The largest absolute Gasteiger partial charge is 0.432 e. The van der Waals surface area contributed by atoms with Crippen molar-refractivity contribution in [3.8, 4) is 11.6 Å². The van der Waals surface area contributed by atoms with Crippen LogP contribution < -0.4 is 10.5 Å². The number of nitrogens with two attached hydrogens (primary N) is 1. The Morgan fingerprint density at radius 3 is 2.82 bits per heavy atom. The summed E-state index contributed by atoms with van der Waals surface area (Å²) in [7, 11) is 0. The molecule has 2 N–H and O–H groups in total. The molecule has 0 saturated heterocycles. The SMILES string of the molecule is Nc1ccc([N+](=O)[O-])c(Oc2cccnc2)n1. The number of hydrogen-bond acceptors (Lipinski definition) is 6. The molecule has 0 aliphatic carbocycles. The molecule has 0 spiro atoms. The molecule has 2 aromatic heterocycles. The maximum Gasteiger partial charge on any atom is 0.331 e. The minimum absolute atomic E-state index is 0.148. The lowest BCUT2D eigenvalue weighted by Gasteiger charge is -2.04. The molecule has 0 atom stereocenters. The zero-order chi connectivity index (χ0) is 12.3. The van der Waals surface area contributed by atoms with Gasteiger partial charge in [-0.1, -0.05) is 0 Å². The first-order valence-corrected chi connectivity index (χ1v) is 4.65. The monoisotopic (exact) mass is 232 g/mol. The molecule has 0 unspecified atom stereocenters. The molecule has 0 fully saturated rings. The van der Waals surface area contributed by atoms with E-state index >= 15 is 0 Å². The van der Waals surface area contributed by atoms with E-state index in [4.69, 9.17) is 10.5 Å². The second-order valence-corrected chi connectivity index (χ2v) is 3.11. The molecule has 0 aromatic carbocycles. The molecule has 0 amide bonds. The molecule has 2 rings (SSSR count). The normalized spacial score (nSPS) is 9.88. The summed E-state index contributed by atoms with van der Waals surface area (Å²) in [6, 6.07) is 5.84. The fraction of sp³-hybridized carbons (Fsp3) is 0. The van der Waals surface area contributed by atoms with Crippen LogP contribution >= 0.6 is 0 Å². The number of nitro groups is 1. The van der Waals surface area contributed by atoms with Crippen molar-refractivity contribution < 1.29 is 9.66 Å². The van der Waals surface area contributed by atoms with Crippen LogP contribution in [0.5, 0.6) is 11.6 Å². The molecule has 7 nitrogen and oxygen atoms in total. The van der Waals surface area contributed by atoms with Crippen molar-refractivity contribution in [2.45, 2.75) is 0 Å². The van der Waals surface area contributed by atoms with Crippen LogP contribution in [0.4, 0.5) is 11.5 Å². The van der Waals surface area contributed by atoms with Crippen LogP contribution in [0, 0.1) is 10.1 Å². The van der Waals surface area contributed by atoms with E-state index < -0.39 is 4.92 Å². The fourth-order valence-electron chi connectivity index (χ4n) is 1.18. The third-order valence-electron chi connectivity index (χ3n) is 1.91. The van der Waals surface area contributed by atoms with Crippen LogP contribution in [0.25, 0.3) is 0 Å². The van der Waals surface area contributed by atoms with Crippen molar-refractivity contribution in [2.24, 2.45) is 0 Å².